The predicted molar refractivity (Wildman–Crippen MR) is 119 cm³/mol. The molecule has 1 amide bonds. The molecule has 7 nitrogen and oxygen atoms in total. The molecule has 2 unspecified atom stereocenters. The van der Waals surface area contributed by atoms with E-state index in [4.69, 9.17) is 16.5 Å². The van der Waals surface area contributed by atoms with Crippen molar-refractivity contribution in [2.45, 2.75) is 47.9 Å². The van der Waals surface area contributed by atoms with Crippen molar-refractivity contribution in [3.05, 3.63) is 52.6 Å². The van der Waals surface area contributed by atoms with Gasteiger partial charge in [0.15, 0.2) is 0 Å². The number of rotatable bonds is 6. The van der Waals surface area contributed by atoms with Crippen LogP contribution in [0.2, 0.25) is 0 Å². The highest BCUT2D eigenvalue weighted by Crippen LogP contribution is 2.48. The number of hydrogen-bond donors (Lipinski definition) is 2. The van der Waals surface area contributed by atoms with E-state index >= 15 is 0 Å². The minimum Gasteiger partial charge on any atom is -0.368 e. The van der Waals surface area contributed by atoms with E-state index in [0.717, 1.165) is 43.4 Å². The van der Waals surface area contributed by atoms with Gasteiger partial charge in [0.1, 0.15) is 28.2 Å². The zero-order valence-corrected chi connectivity index (χ0v) is 17.9. The molecule has 1 saturated heterocycles. The highest BCUT2D eigenvalue weighted by Gasteiger charge is 2.35. The number of carbonyl (C=O) groups excluding carboxylic acids is 1. The number of aromatic nitrogens is 1. The summed E-state index contributed by atoms with van der Waals surface area (Å²) in [5.74, 6) is 0.241. The van der Waals surface area contributed by atoms with Crippen molar-refractivity contribution in [3.8, 4) is 12.1 Å². The molecule has 2 aliphatic rings. The summed E-state index contributed by atoms with van der Waals surface area (Å²) in [4.78, 5) is 19.1. The van der Waals surface area contributed by atoms with Crippen LogP contribution in [0.5, 0.6) is 0 Å². The average molecular weight is 433 g/mol. The van der Waals surface area contributed by atoms with Crippen molar-refractivity contribution < 1.29 is 4.79 Å². The lowest BCUT2D eigenvalue weighted by molar-refractivity contribution is -0.117. The van der Waals surface area contributed by atoms with Gasteiger partial charge in [0.05, 0.1) is 11.1 Å². The zero-order valence-electron chi connectivity index (χ0n) is 17.1. The summed E-state index contributed by atoms with van der Waals surface area (Å²) in [5, 5.41) is 19.8. The van der Waals surface area contributed by atoms with Gasteiger partial charge in [-0.2, -0.15) is 10.5 Å². The zero-order chi connectivity index (χ0) is 22.0. The fourth-order valence-corrected chi connectivity index (χ4v) is 5.16. The quantitative estimate of drug-likeness (QED) is 0.670. The molecular weight excluding hydrogens is 408 g/mol. The average Bonchev–Trinajstić information content (AvgIpc) is 3.62. The van der Waals surface area contributed by atoms with Gasteiger partial charge >= 0.3 is 0 Å². The Morgan fingerprint density at radius 2 is 1.87 bits per heavy atom. The van der Waals surface area contributed by atoms with Gasteiger partial charge in [0.2, 0.25) is 5.91 Å². The summed E-state index contributed by atoms with van der Waals surface area (Å²) in [7, 11) is 0. The van der Waals surface area contributed by atoms with Crippen LogP contribution in [0.15, 0.2) is 35.4 Å². The molecule has 1 aliphatic heterocycles. The topological polar surface area (TPSA) is 133 Å². The third-order valence-electron chi connectivity index (χ3n) is 5.74. The predicted octanol–water partition coefficient (Wildman–Crippen LogP) is 2.95. The van der Waals surface area contributed by atoms with Gasteiger partial charge in [0.25, 0.3) is 0 Å². The maximum Gasteiger partial charge on any atom is 0.235 e. The molecule has 0 radical (unpaired) electrons. The first-order chi connectivity index (χ1) is 15.0. The number of benzene rings is 1. The number of primary amides is 1. The highest BCUT2D eigenvalue weighted by molar-refractivity contribution is 8.00. The van der Waals surface area contributed by atoms with Crippen molar-refractivity contribution in [1.82, 2.24) is 4.98 Å². The Balaban J connectivity index is 1.84. The summed E-state index contributed by atoms with van der Waals surface area (Å²) in [6.07, 6.45) is 3.73. The molecular formula is C23H24N6OS. The Labute approximate surface area is 186 Å². The summed E-state index contributed by atoms with van der Waals surface area (Å²) in [6.45, 7) is 1.37. The molecule has 2 aromatic rings. The van der Waals surface area contributed by atoms with E-state index < -0.39 is 11.2 Å². The van der Waals surface area contributed by atoms with Gasteiger partial charge in [-0.3, -0.25) is 4.79 Å². The van der Waals surface area contributed by atoms with Crippen molar-refractivity contribution in [3.63, 3.8) is 0 Å². The number of nitriles is 2. The molecule has 0 spiro atoms. The number of thioether (sulfide) groups is 1. The normalized spacial score (nSPS) is 19.3. The van der Waals surface area contributed by atoms with E-state index in [1.807, 2.05) is 35.2 Å². The fourth-order valence-electron chi connectivity index (χ4n) is 4.11. The van der Waals surface area contributed by atoms with Crippen LogP contribution in [-0.2, 0) is 4.79 Å². The van der Waals surface area contributed by atoms with Crippen LogP contribution in [0.1, 0.15) is 59.1 Å². The van der Waals surface area contributed by atoms with Crippen molar-refractivity contribution in [2.75, 3.05) is 18.0 Å². The Kier molecular flexibility index (Phi) is 6.13. The number of amides is 1. The molecule has 1 aromatic heterocycles. The van der Waals surface area contributed by atoms with Crippen molar-refractivity contribution >= 4 is 23.5 Å². The molecule has 158 valence electrons. The number of anilines is 1. The number of pyridine rings is 1. The van der Waals surface area contributed by atoms with Gasteiger partial charge in [-0.25, -0.2) is 4.98 Å². The first-order valence-corrected chi connectivity index (χ1v) is 11.3. The molecule has 8 heteroatoms. The number of nitrogens with zero attached hydrogens (tertiary/aromatic N) is 4. The second kappa shape index (κ2) is 8.97. The van der Waals surface area contributed by atoms with Gasteiger partial charge in [-0.05, 0) is 42.7 Å². The Morgan fingerprint density at radius 3 is 2.45 bits per heavy atom. The molecule has 4 N–H and O–H groups in total. The summed E-state index contributed by atoms with van der Waals surface area (Å²) in [5.41, 5.74) is 14.3. The third kappa shape index (κ3) is 4.36. The van der Waals surface area contributed by atoms with Crippen LogP contribution in [-0.4, -0.2) is 30.0 Å². The molecule has 0 bridgehead atoms. The Morgan fingerprint density at radius 1 is 1.16 bits per heavy atom. The number of nitrogens with two attached hydrogens (primary N) is 2. The number of piperidine rings is 1. The smallest absolute Gasteiger partial charge is 0.235 e. The number of hydrogen-bond acceptors (Lipinski definition) is 7. The largest absolute Gasteiger partial charge is 0.368 e. The molecule has 31 heavy (non-hydrogen) atoms. The van der Waals surface area contributed by atoms with E-state index in [2.05, 4.69) is 12.1 Å². The van der Waals surface area contributed by atoms with Crippen LogP contribution in [0.25, 0.3) is 0 Å². The molecule has 2 heterocycles. The maximum atomic E-state index is 12.3. The van der Waals surface area contributed by atoms with Crippen LogP contribution in [0.3, 0.4) is 0 Å². The first kappa shape index (κ1) is 21.2. The molecule has 2 atom stereocenters. The van der Waals surface area contributed by atoms with E-state index in [0.29, 0.717) is 28.5 Å². The molecule has 2 fully saturated rings. The summed E-state index contributed by atoms with van der Waals surface area (Å²) < 4.78 is 0. The lowest BCUT2D eigenvalue weighted by Gasteiger charge is -2.33. The summed E-state index contributed by atoms with van der Waals surface area (Å²) >= 11 is 1.18. The first-order valence-electron chi connectivity index (χ1n) is 10.4. The third-order valence-corrected chi connectivity index (χ3v) is 7.00. The van der Waals surface area contributed by atoms with Crippen LogP contribution < -0.4 is 16.4 Å². The second-order valence-electron chi connectivity index (χ2n) is 8.06. The van der Waals surface area contributed by atoms with E-state index in [1.54, 1.807) is 0 Å². The Bertz CT molecular complexity index is 1070. The standard InChI is InChI=1S/C23H24N6OS/c24-11-17-19(14-8-9-14)18(12-25)23(28-22(17)29-10-4-7-16(26)13-29)31-20(21(27)30)15-5-2-1-3-6-15/h1-3,5-6,14,16,20H,4,7-10,13,26H2,(H2,27,30). The summed E-state index contributed by atoms with van der Waals surface area (Å²) in [6, 6.07) is 13.8. The molecule has 1 aromatic carbocycles. The SMILES string of the molecule is N#Cc1c(SC(C(N)=O)c2ccccc2)nc(N2CCCC(N)C2)c(C#N)c1C1CC1. The van der Waals surface area contributed by atoms with E-state index in [1.165, 1.54) is 11.8 Å². The van der Waals surface area contributed by atoms with E-state index in [9.17, 15) is 15.3 Å². The van der Waals surface area contributed by atoms with Gasteiger partial charge in [-0.1, -0.05) is 42.1 Å². The fraction of sp³-hybridized carbons (Fsp3) is 0.391. The minimum absolute atomic E-state index is 0.0147. The Hall–Kier alpha value is -3.07. The lowest BCUT2D eigenvalue weighted by atomic mass is 9.98. The molecule has 4 rings (SSSR count). The van der Waals surface area contributed by atoms with Crippen LogP contribution >= 0.6 is 11.8 Å². The van der Waals surface area contributed by atoms with Crippen molar-refractivity contribution in [1.29, 1.82) is 10.5 Å². The number of carbonyl (C=O) groups is 1. The van der Waals surface area contributed by atoms with Crippen LogP contribution in [0, 0.1) is 22.7 Å². The highest BCUT2D eigenvalue weighted by atomic mass is 32.2. The second-order valence-corrected chi connectivity index (χ2v) is 9.16. The van der Waals surface area contributed by atoms with Gasteiger partial charge < -0.3 is 16.4 Å². The molecule has 1 aliphatic carbocycles. The monoisotopic (exact) mass is 432 g/mol. The molecule has 1 saturated carbocycles. The van der Waals surface area contributed by atoms with Crippen molar-refractivity contribution in [2.24, 2.45) is 11.5 Å². The maximum absolute atomic E-state index is 12.3. The van der Waals surface area contributed by atoms with Gasteiger partial charge in [0, 0.05) is 19.1 Å². The lowest BCUT2D eigenvalue weighted by Crippen LogP contribution is -2.43. The van der Waals surface area contributed by atoms with Gasteiger partial charge in [-0.15, -0.1) is 0 Å². The van der Waals surface area contributed by atoms with E-state index in [-0.39, 0.29) is 12.0 Å². The minimum atomic E-state index is -0.683. The van der Waals surface area contributed by atoms with Crippen LogP contribution in [0.4, 0.5) is 5.82 Å².